The van der Waals surface area contributed by atoms with Gasteiger partial charge in [-0.15, -0.1) is 0 Å². The van der Waals surface area contributed by atoms with E-state index >= 15 is 0 Å². The van der Waals surface area contributed by atoms with Crippen molar-refractivity contribution in [3.05, 3.63) is 23.5 Å². The first-order chi connectivity index (χ1) is 12.4. The Morgan fingerprint density at radius 3 is 1.52 bits per heavy atom. The first-order valence-electron chi connectivity index (χ1n) is 6.70. The Morgan fingerprint density at radius 2 is 1.22 bits per heavy atom. The smallest absolute Gasteiger partial charge is 0.362 e. The van der Waals surface area contributed by atoms with Crippen LogP contribution in [0.25, 0.3) is 0 Å². The highest BCUT2D eigenvalue weighted by Crippen LogP contribution is 2.30. The normalized spacial score (nSPS) is 12.1. The summed E-state index contributed by atoms with van der Waals surface area (Å²) in [6, 6.07) is 0.875. The average molecular weight is 402 g/mol. The van der Waals surface area contributed by atoms with Crippen molar-refractivity contribution in [2.75, 3.05) is 23.8 Å². The van der Waals surface area contributed by atoms with Gasteiger partial charge in [-0.3, -0.25) is 20.2 Å². The second-order valence-corrected chi connectivity index (χ2v) is 4.74. The molecular weight excluding hydrogens is 394 g/mol. The molecule has 0 aliphatic rings. The summed E-state index contributed by atoms with van der Waals surface area (Å²) in [5.74, 6) is -3.12. The summed E-state index contributed by atoms with van der Waals surface area (Å²) >= 11 is 0. The first kappa shape index (κ1) is 20.2. The summed E-state index contributed by atoms with van der Waals surface area (Å²) in [5, 5.41) is 9.20. The number of carbonyl (C=O) groups excluding carboxylic acids is 2. The molecule has 2 heterocycles. The van der Waals surface area contributed by atoms with Crippen LogP contribution in [-0.4, -0.2) is 35.3 Å². The van der Waals surface area contributed by atoms with Crippen LogP contribution in [0.1, 0.15) is 11.4 Å². The van der Waals surface area contributed by atoms with Crippen molar-refractivity contribution in [2.45, 2.75) is 12.4 Å². The van der Waals surface area contributed by atoms with Gasteiger partial charge in [0, 0.05) is 12.1 Å². The van der Waals surface area contributed by atoms with Crippen LogP contribution in [0.4, 0.5) is 38.1 Å². The van der Waals surface area contributed by atoms with E-state index in [0.717, 1.165) is 0 Å². The van der Waals surface area contributed by atoms with Gasteiger partial charge in [-0.1, -0.05) is 10.3 Å². The molecule has 0 unspecified atom stereocenters. The van der Waals surface area contributed by atoms with E-state index in [1.807, 2.05) is 10.6 Å². The van der Waals surface area contributed by atoms with E-state index in [0.29, 0.717) is 12.1 Å². The van der Waals surface area contributed by atoms with E-state index < -0.39 is 60.5 Å². The van der Waals surface area contributed by atoms with E-state index in [2.05, 4.69) is 24.1 Å². The molecule has 2 N–H and O–H groups in total. The van der Waals surface area contributed by atoms with Crippen molar-refractivity contribution in [3.63, 3.8) is 0 Å². The summed E-state index contributed by atoms with van der Waals surface area (Å²) in [6.45, 7) is -1.53. The molecule has 0 saturated heterocycles. The summed E-state index contributed by atoms with van der Waals surface area (Å²) in [4.78, 5) is 22.9. The lowest BCUT2D eigenvalue weighted by molar-refractivity contribution is -0.143. The molecule has 0 atom stereocenters. The topological polar surface area (TPSA) is 119 Å². The number of anilines is 2. The summed E-state index contributed by atoms with van der Waals surface area (Å²) < 4.78 is 86.9. The molecule has 27 heavy (non-hydrogen) atoms. The van der Waals surface area contributed by atoms with E-state index in [1.165, 1.54) is 0 Å². The van der Waals surface area contributed by atoms with Crippen LogP contribution in [0, 0.1) is 0 Å². The molecule has 0 aromatic carbocycles. The van der Waals surface area contributed by atoms with Crippen molar-refractivity contribution in [1.82, 2.24) is 10.3 Å². The molecule has 2 amide bonds. The van der Waals surface area contributed by atoms with Crippen LogP contribution in [0.15, 0.2) is 21.2 Å². The Labute approximate surface area is 144 Å². The number of ether oxygens (including phenoxy) is 1. The Kier molecular flexibility index (Phi) is 5.72. The SMILES string of the molecule is O=C(COCC(=O)Nc1cc(C(F)(F)F)no1)Nc1cc(C(F)(F)F)no1. The maximum Gasteiger partial charge on any atom is 0.436 e. The molecule has 0 spiro atoms. The van der Waals surface area contributed by atoms with Crippen molar-refractivity contribution in [2.24, 2.45) is 0 Å². The van der Waals surface area contributed by atoms with Crippen molar-refractivity contribution < 1.29 is 49.7 Å². The molecule has 2 aromatic rings. The monoisotopic (exact) mass is 402 g/mol. The second-order valence-electron chi connectivity index (χ2n) is 4.74. The van der Waals surface area contributed by atoms with Crippen LogP contribution in [0.5, 0.6) is 0 Å². The Hall–Kier alpha value is -3.10. The molecule has 2 aromatic heterocycles. The minimum Gasteiger partial charge on any atom is -0.362 e. The van der Waals surface area contributed by atoms with Crippen LogP contribution in [0.2, 0.25) is 0 Å². The number of rotatable bonds is 6. The number of nitrogens with one attached hydrogen (secondary N) is 2. The van der Waals surface area contributed by atoms with Crippen molar-refractivity contribution >= 4 is 23.6 Å². The van der Waals surface area contributed by atoms with Gasteiger partial charge in [-0.2, -0.15) is 26.3 Å². The molecule has 0 aliphatic carbocycles. The summed E-state index contributed by atoms with van der Waals surface area (Å²) in [6.07, 6.45) is -9.51. The van der Waals surface area contributed by atoms with Crippen LogP contribution in [-0.2, 0) is 26.7 Å². The lowest BCUT2D eigenvalue weighted by Crippen LogP contribution is -2.23. The Bertz CT molecular complexity index is 746. The number of halogens is 6. The lowest BCUT2D eigenvalue weighted by Gasteiger charge is -2.03. The fourth-order valence-corrected chi connectivity index (χ4v) is 1.52. The van der Waals surface area contributed by atoms with Gasteiger partial charge in [0.1, 0.15) is 13.2 Å². The van der Waals surface area contributed by atoms with E-state index in [-0.39, 0.29) is 0 Å². The number of hydrogen-bond acceptors (Lipinski definition) is 7. The van der Waals surface area contributed by atoms with Gasteiger partial charge in [0.15, 0.2) is 11.4 Å². The molecule has 0 radical (unpaired) electrons. The standard InChI is InChI=1S/C12H8F6N4O5/c13-11(14,15)5-1-9(26-21-5)19-7(23)3-25-4-8(24)20-10-2-6(22-27-10)12(16,17)18/h1-2H,3-4H2,(H,19,23)(H,20,24). The molecule has 2 rings (SSSR count). The van der Waals surface area contributed by atoms with E-state index in [4.69, 9.17) is 0 Å². The zero-order chi connectivity index (χ0) is 20.2. The fourth-order valence-electron chi connectivity index (χ4n) is 1.52. The summed E-state index contributed by atoms with van der Waals surface area (Å²) in [5.41, 5.74) is -2.72. The van der Waals surface area contributed by atoms with Crippen molar-refractivity contribution in [3.8, 4) is 0 Å². The van der Waals surface area contributed by atoms with Crippen LogP contribution < -0.4 is 10.6 Å². The fraction of sp³-hybridized carbons (Fsp3) is 0.333. The predicted molar refractivity (Wildman–Crippen MR) is 71.1 cm³/mol. The minimum atomic E-state index is -4.76. The highest BCUT2D eigenvalue weighted by atomic mass is 19.4. The third-order valence-corrected chi connectivity index (χ3v) is 2.59. The zero-order valence-corrected chi connectivity index (χ0v) is 12.8. The van der Waals surface area contributed by atoms with Gasteiger partial charge in [0.2, 0.25) is 11.8 Å². The quantitative estimate of drug-likeness (QED) is 0.712. The predicted octanol–water partition coefficient (Wildman–Crippen LogP) is 2.29. The molecule has 15 heteroatoms. The van der Waals surface area contributed by atoms with E-state index in [9.17, 15) is 35.9 Å². The Balaban J connectivity index is 1.74. The molecular formula is C12H8F6N4O5. The minimum absolute atomic E-state index is 0.437. The number of amides is 2. The number of nitrogens with zero attached hydrogens (tertiary/aromatic N) is 2. The highest BCUT2D eigenvalue weighted by molar-refractivity contribution is 5.92. The third-order valence-electron chi connectivity index (χ3n) is 2.59. The Morgan fingerprint density at radius 1 is 0.852 bits per heavy atom. The van der Waals surface area contributed by atoms with Crippen molar-refractivity contribution in [1.29, 1.82) is 0 Å². The number of aromatic nitrogens is 2. The molecule has 0 saturated carbocycles. The largest absolute Gasteiger partial charge is 0.436 e. The maximum atomic E-state index is 12.3. The van der Waals surface area contributed by atoms with Gasteiger partial charge in [0.05, 0.1) is 0 Å². The third kappa shape index (κ3) is 5.98. The molecule has 0 aliphatic heterocycles. The zero-order valence-electron chi connectivity index (χ0n) is 12.8. The maximum absolute atomic E-state index is 12.3. The second kappa shape index (κ2) is 7.65. The molecule has 148 valence electrons. The summed E-state index contributed by atoms with van der Waals surface area (Å²) in [7, 11) is 0. The van der Waals surface area contributed by atoms with E-state index in [1.54, 1.807) is 0 Å². The molecule has 9 nitrogen and oxygen atoms in total. The average Bonchev–Trinajstić information content (AvgIpc) is 3.15. The number of carbonyl (C=O) groups is 2. The first-order valence-corrected chi connectivity index (χ1v) is 6.70. The highest BCUT2D eigenvalue weighted by Gasteiger charge is 2.36. The van der Waals surface area contributed by atoms with Gasteiger partial charge in [0.25, 0.3) is 11.8 Å². The van der Waals surface area contributed by atoms with Crippen LogP contribution >= 0.6 is 0 Å². The number of hydrogen-bond donors (Lipinski definition) is 2. The van der Waals surface area contributed by atoms with Gasteiger partial charge >= 0.3 is 12.4 Å². The lowest BCUT2D eigenvalue weighted by atomic mass is 10.4. The molecule has 0 fully saturated rings. The van der Waals surface area contributed by atoms with Gasteiger partial charge in [-0.05, 0) is 0 Å². The van der Waals surface area contributed by atoms with Crippen LogP contribution in [0.3, 0.4) is 0 Å². The molecule has 0 bridgehead atoms. The van der Waals surface area contributed by atoms with Gasteiger partial charge < -0.3 is 13.8 Å². The number of alkyl halides is 6. The van der Waals surface area contributed by atoms with Gasteiger partial charge in [-0.25, -0.2) is 0 Å².